The van der Waals surface area contributed by atoms with E-state index in [1.165, 1.54) is 6.42 Å². The van der Waals surface area contributed by atoms with Crippen molar-refractivity contribution in [3.8, 4) is 0 Å². The van der Waals surface area contributed by atoms with Crippen LogP contribution >= 0.6 is 0 Å². The molecule has 20 heavy (non-hydrogen) atoms. The fourth-order valence-corrected chi connectivity index (χ4v) is 4.24. The first-order chi connectivity index (χ1) is 9.34. The van der Waals surface area contributed by atoms with Gasteiger partial charge in [-0.3, -0.25) is 4.79 Å². The van der Waals surface area contributed by atoms with Crippen LogP contribution < -0.4 is 5.73 Å². The molecule has 0 bridgehead atoms. The lowest BCUT2D eigenvalue weighted by atomic mass is 9.83. The topological polar surface area (TPSA) is 66.6 Å². The fraction of sp³-hybridized carbons (Fsp3) is 0.938. The second kappa shape index (κ2) is 6.02. The summed E-state index contributed by atoms with van der Waals surface area (Å²) >= 11 is 0. The maximum Gasteiger partial charge on any atom is 0.323 e. The van der Waals surface area contributed by atoms with Gasteiger partial charge in [0.15, 0.2) is 0 Å². The lowest BCUT2D eigenvalue weighted by Gasteiger charge is -2.42. The SMILES string of the molecule is CC1CC(C)C(C)N(CCC2CCCC2(N)C(=O)O)C1. The predicted octanol–water partition coefficient (Wildman–Crippen LogP) is 2.33. The maximum absolute atomic E-state index is 11.4. The Labute approximate surface area is 122 Å². The van der Waals surface area contributed by atoms with E-state index in [1.54, 1.807) is 0 Å². The van der Waals surface area contributed by atoms with Crippen molar-refractivity contribution in [2.24, 2.45) is 23.5 Å². The molecule has 0 amide bonds. The standard InChI is InChI=1S/C16H30N2O2/c1-11-9-12(2)13(3)18(10-11)8-6-14-5-4-7-16(14,17)15(19)20/h11-14H,4-10,17H2,1-3H3,(H,19,20). The molecule has 1 saturated heterocycles. The van der Waals surface area contributed by atoms with Crippen molar-refractivity contribution in [1.29, 1.82) is 0 Å². The van der Waals surface area contributed by atoms with Gasteiger partial charge in [0, 0.05) is 12.6 Å². The number of nitrogens with two attached hydrogens (primary N) is 1. The zero-order valence-electron chi connectivity index (χ0n) is 13.1. The molecule has 5 unspecified atom stereocenters. The summed E-state index contributed by atoms with van der Waals surface area (Å²) in [5, 5.41) is 9.38. The van der Waals surface area contributed by atoms with Crippen molar-refractivity contribution in [3.05, 3.63) is 0 Å². The first-order valence-corrected chi connectivity index (χ1v) is 8.11. The molecule has 0 aromatic heterocycles. The van der Waals surface area contributed by atoms with E-state index in [0.29, 0.717) is 12.5 Å². The Morgan fingerprint density at radius 1 is 1.40 bits per heavy atom. The third kappa shape index (κ3) is 3.01. The number of carboxylic acid groups (broad SMARTS) is 1. The van der Waals surface area contributed by atoms with Gasteiger partial charge >= 0.3 is 5.97 Å². The van der Waals surface area contributed by atoms with Crippen LogP contribution in [0.2, 0.25) is 0 Å². The van der Waals surface area contributed by atoms with Gasteiger partial charge in [-0.05, 0) is 56.9 Å². The third-order valence-electron chi connectivity index (χ3n) is 5.75. The van der Waals surface area contributed by atoms with E-state index in [0.717, 1.165) is 44.2 Å². The van der Waals surface area contributed by atoms with Crippen LogP contribution in [0.15, 0.2) is 0 Å². The van der Waals surface area contributed by atoms with E-state index in [4.69, 9.17) is 5.73 Å². The molecule has 4 nitrogen and oxygen atoms in total. The first-order valence-electron chi connectivity index (χ1n) is 8.11. The van der Waals surface area contributed by atoms with E-state index in [2.05, 4.69) is 25.7 Å². The fourth-order valence-electron chi connectivity index (χ4n) is 4.24. The Morgan fingerprint density at radius 3 is 2.75 bits per heavy atom. The highest BCUT2D eigenvalue weighted by Crippen LogP contribution is 2.37. The largest absolute Gasteiger partial charge is 0.480 e. The lowest BCUT2D eigenvalue weighted by molar-refractivity contribution is -0.145. The zero-order chi connectivity index (χ0) is 14.9. The highest BCUT2D eigenvalue weighted by molar-refractivity contribution is 5.79. The van der Waals surface area contributed by atoms with Gasteiger partial charge < -0.3 is 15.7 Å². The van der Waals surface area contributed by atoms with Gasteiger partial charge in [-0.15, -0.1) is 0 Å². The second-order valence-electron chi connectivity index (χ2n) is 7.28. The number of carbonyl (C=O) groups is 1. The first kappa shape index (κ1) is 15.8. The molecule has 0 aromatic rings. The average Bonchev–Trinajstić information content (AvgIpc) is 2.75. The number of nitrogens with zero attached hydrogens (tertiary/aromatic N) is 1. The molecule has 2 fully saturated rings. The number of carboxylic acids is 1. The van der Waals surface area contributed by atoms with Crippen LogP contribution in [0, 0.1) is 17.8 Å². The quantitative estimate of drug-likeness (QED) is 0.830. The molecule has 0 aromatic carbocycles. The average molecular weight is 282 g/mol. The smallest absolute Gasteiger partial charge is 0.323 e. The minimum absolute atomic E-state index is 0.139. The van der Waals surface area contributed by atoms with E-state index in [-0.39, 0.29) is 5.92 Å². The minimum atomic E-state index is -0.976. The normalized spacial score (nSPS) is 42.8. The van der Waals surface area contributed by atoms with Crippen LogP contribution in [0.25, 0.3) is 0 Å². The number of aliphatic carboxylic acids is 1. The Kier molecular flexibility index (Phi) is 4.75. The highest BCUT2D eigenvalue weighted by atomic mass is 16.4. The van der Waals surface area contributed by atoms with Crippen LogP contribution in [0.5, 0.6) is 0 Å². The monoisotopic (exact) mass is 282 g/mol. The molecule has 2 rings (SSSR count). The van der Waals surface area contributed by atoms with Crippen LogP contribution in [0.4, 0.5) is 0 Å². The molecular weight excluding hydrogens is 252 g/mol. The summed E-state index contributed by atoms with van der Waals surface area (Å²) in [7, 11) is 0. The van der Waals surface area contributed by atoms with Gasteiger partial charge in [0.05, 0.1) is 0 Å². The van der Waals surface area contributed by atoms with Crippen molar-refractivity contribution in [2.75, 3.05) is 13.1 Å². The summed E-state index contributed by atoms with van der Waals surface area (Å²) in [6, 6.07) is 0.601. The van der Waals surface area contributed by atoms with Crippen molar-refractivity contribution >= 4 is 5.97 Å². The van der Waals surface area contributed by atoms with Crippen molar-refractivity contribution in [3.63, 3.8) is 0 Å². The Balaban J connectivity index is 1.93. The van der Waals surface area contributed by atoms with Crippen LogP contribution in [0.1, 0.15) is 52.9 Å². The maximum atomic E-state index is 11.4. The Morgan fingerprint density at radius 2 is 2.10 bits per heavy atom. The third-order valence-corrected chi connectivity index (χ3v) is 5.75. The van der Waals surface area contributed by atoms with Crippen LogP contribution in [-0.2, 0) is 4.79 Å². The molecule has 1 saturated carbocycles. The summed E-state index contributed by atoms with van der Waals surface area (Å²) in [6.07, 6.45) is 4.78. The molecule has 1 aliphatic carbocycles. The number of hydrogen-bond acceptors (Lipinski definition) is 3. The van der Waals surface area contributed by atoms with Gasteiger partial charge in [0.25, 0.3) is 0 Å². The van der Waals surface area contributed by atoms with E-state index in [1.807, 2.05) is 0 Å². The number of rotatable bonds is 4. The second-order valence-corrected chi connectivity index (χ2v) is 7.28. The van der Waals surface area contributed by atoms with Gasteiger partial charge in [0.2, 0.25) is 0 Å². The number of hydrogen-bond donors (Lipinski definition) is 2. The predicted molar refractivity (Wildman–Crippen MR) is 80.5 cm³/mol. The van der Waals surface area contributed by atoms with Crippen molar-refractivity contribution in [2.45, 2.75) is 64.5 Å². The molecule has 0 spiro atoms. The Hall–Kier alpha value is -0.610. The molecule has 4 heteroatoms. The zero-order valence-corrected chi connectivity index (χ0v) is 13.1. The molecule has 1 aliphatic heterocycles. The molecule has 5 atom stereocenters. The van der Waals surface area contributed by atoms with Gasteiger partial charge in [-0.2, -0.15) is 0 Å². The summed E-state index contributed by atoms with van der Waals surface area (Å²) < 4.78 is 0. The van der Waals surface area contributed by atoms with Crippen LogP contribution in [0.3, 0.4) is 0 Å². The van der Waals surface area contributed by atoms with Crippen molar-refractivity contribution < 1.29 is 9.90 Å². The summed E-state index contributed by atoms with van der Waals surface area (Å²) in [5.74, 6) is 0.796. The molecule has 1 heterocycles. The molecule has 116 valence electrons. The lowest BCUT2D eigenvalue weighted by Crippen LogP contribution is -2.52. The van der Waals surface area contributed by atoms with E-state index >= 15 is 0 Å². The molecule has 2 aliphatic rings. The molecular formula is C16H30N2O2. The van der Waals surface area contributed by atoms with E-state index in [9.17, 15) is 9.90 Å². The number of piperidine rings is 1. The Bertz CT molecular complexity index is 360. The van der Waals surface area contributed by atoms with Gasteiger partial charge in [0.1, 0.15) is 5.54 Å². The summed E-state index contributed by atoms with van der Waals surface area (Å²) in [5.41, 5.74) is 5.16. The summed E-state index contributed by atoms with van der Waals surface area (Å²) in [6.45, 7) is 9.08. The number of likely N-dealkylation sites (tertiary alicyclic amines) is 1. The minimum Gasteiger partial charge on any atom is -0.480 e. The van der Waals surface area contributed by atoms with Gasteiger partial charge in [-0.25, -0.2) is 0 Å². The van der Waals surface area contributed by atoms with E-state index < -0.39 is 11.5 Å². The molecule has 0 radical (unpaired) electrons. The van der Waals surface area contributed by atoms with Crippen LogP contribution in [-0.4, -0.2) is 40.6 Å². The van der Waals surface area contributed by atoms with Crippen molar-refractivity contribution in [1.82, 2.24) is 4.90 Å². The summed E-state index contributed by atoms with van der Waals surface area (Å²) in [4.78, 5) is 14.0. The van der Waals surface area contributed by atoms with Gasteiger partial charge in [-0.1, -0.05) is 20.3 Å². The molecule has 3 N–H and O–H groups in total. The highest BCUT2D eigenvalue weighted by Gasteiger charge is 2.45.